The van der Waals surface area contributed by atoms with Crippen molar-refractivity contribution < 1.29 is 28.5 Å². The van der Waals surface area contributed by atoms with E-state index in [9.17, 15) is 14.7 Å². The summed E-state index contributed by atoms with van der Waals surface area (Å²) < 4.78 is 21.5. The average Bonchev–Trinajstić information content (AvgIpc) is 2.67. The minimum absolute atomic E-state index is 0.00769. The molecule has 2 aromatic rings. The van der Waals surface area contributed by atoms with Gasteiger partial charge in [0.2, 0.25) is 11.2 Å². The van der Waals surface area contributed by atoms with Crippen molar-refractivity contribution in [1.29, 1.82) is 0 Å². The molecule has 0 spiro atoms. The molecule has 0 amide bonds. The zero-order valence-corrected chi connectivity index (χ0v) is 16.8. The van der Waals surface area contributed by atoms with Gasteiger partial charge in [0, 0.05) is 6.07 Å². The van der Waals surface area contributed by atoms with Gasteiger partial charge in [-0.1, -0.05) is 19.9 Å². The lowest BCUT2D eigenvalue weighted by Gasteiger charge is -2.19. The quantitative estimate of drug-likeness (QED) is 0.690. The Bertz CT molecular complexity index is 883. The third-order valence-electron chi connectivity index (χ3n) is 4.15. The molecule has 1 N–H and O–H groups in total. The fraction of sp³-hybridized carbons (Fsp3) is 0.429. The molecule has 0 aliphatic rings. The van der Waals surface area contributed by atoms with Crippen LogP contribution in [0.2, 0.25) is 0 Å². The minimum Gasteiger partial charge on any atom is -0.502 e. The van der Waals surface area contributed by atoms with Crippen molar-refractivity contribution in [2.75, 3.05) is 20.8 Å². The van der Waals surface area contributed by atoms with Crippen molar-refractivity contribution >= 4 is 5.97 Å². The predicted octanol–water partition coefficient (Wildman–Crippen LogP) is 3.39. The van der Waals surface area contributed by atoms with E-state index >= 15 is 0 Å². The predicted molar refractivity (Wildman–Crippen MR) is 103 cm³/mol. The smallest absolute Gasteiger partial charge is 0.306 e. The highest BCUT2D eigenvalue weighted by molar-refractivity contribution is 5.71. The summed E-state index contributed by atoms with van der Waals surface area (Å²) in [5, 5.41) is 10.3. The number of aromatic hydroxyl groups is 1. The Morgan fingerprint density at radius 1 is 1.18 bits per heavy atom. The van der Waals surface area contributed by atoms with Crippen molar-refractivity contribution in [2.24, 2.45) is 5.92 Å². The summed E-state index contributed by atoms with van der Waals surface area (Å²) in [4.78, 5) is 24.0. The van der Waals surface area contributed by atoms with Crippen molar-refractivity contribution in [3.05, 3.63) is 51.6 Å². The van der Waals surface area contributed by atoms with E-state index in [-0.39, 0.29) is 12.2 Å². The second-order valence-corrected chi connectivity index (χ2v) is 6.88. The molecule has 7 heteroatoms. The fourth-order valence-corrected chi connectivity index (χ4v) is 2.75. The summed E-state index contributed by atoms with van der Waals surface area (Å²) >= 11 is 0. The van der Waals surface area contributed by atoms with Gasteiger partial charge in [-0.25, -0.2) is 0 Å². The molecule has 0 aliphatic carbocycles. The molecule has 1 aromatic carbocycles. The maximum atomic E-state index is 12.0. The molecule has 1 aromatic heterocycles. The van der Waals surface area contributed by atoms with E-state index in [1.165, 1.54) is 20.3 Å². The first-order valence-electron chi connectivity index (χ1n) is 8.98. The molecule has 1 atom stereocenters. The zero-order chi connectivity index (χ0) is 20.8. The fourth-order valence-electron chi connectivity index (χ4n) is 2.75. The first-order chi connectivity index (χ1) is 13.3. The molecule has 0 radical (unpaired) electrons. The van der Waals surface area contributed by atoms with Crippen molar-refractivity contribution in [3.63, 3.8) is 0 Å². The van der Waals surface area contributed by atoms with Gasteiger partial charge >= 0.3 is 5.97 Å². The molecule has 0 unspecified atom stereocenters. The third-order valence-corrected chi connectivity index (χ3v) is 4.15. The molecule has 1 heterocycles. The number of carbonyl (C=O) groups is 1. The van der Waals surface area contributed by atoms with Gasteiger partial charge in [0.15, 0.2) is 17.3 Å². The highest BCUT2D eigenvalue weighted by atomic mass is 16.5. The SMILES string of the molecule is COC(=O)C[C@H](c1ccc(OCC(C)C)c(OC)c1)c1oc(C)cc(=O)c1O. The van der Waals surface area contributed by atoms with Gasteiger partial charge in [-0.15, -0.1) is 0 Å². The summed E-state index contributed by atoms with van der Waals surface area (Å²) in [6, 6.07) is 6.36. The van der Waals surface area contributed by atoms with Crippen molar-refractivity contribution in [3.8, 4) is 17.2 Å². The van der Waals surface area contributed by atoms with E-state index in [0.717, 1.165) is 0 Å². The average molecular weight is 390 g/mol. The minimum atomic E-state index is -0.729. The number of methoxy groups -OCH3 is 2. The molecule has 2 rings (SSSR count). The van der Waals surface area contributed by atoms with Gasteiger partial charge in [-0.05, 0) is 30.5 Å². The largest absolute Gasteiger partial charge is 0.502 e. The van der Waals surface area contributed by atoms with Crippen molar-refractivity contribution in [1.82, 2.24) is 0 Å². The Morgan fingerprint density at radius 2 is 1.89 bits per heavy atom. The second kappa shape index (κ2) is 9.30. The number of ether oxygens (including phenoxy) is 3. The summed E-state index contributed by atoms with van der Waals surface area (Å²) in [7, 11) is 2.79. The highest BCUT2D eigenvalue weighted by Gasteiger charge is 2.27. The molecular formula is C21H26O7. The Kier molecular flexibility index (Phi) is 7.09. The van der Waals surface area contributed by atoms with Gasteiger partial charge in [-0.3, -0.25) is 9.59 Å². The van der Waals surface area contributed by atoms with Crippen LogP contribution in [-0.2, 0) is 9.53 Å². The number of benzene rings is 1. The van der Waals surface area contributed by atoms with Gasteiger partial charge in [0.25, 0.3) is 0 Å². The molecule has 0 aliphatic heterocycles. The van der Waals surface area contributed by atoms with Crippen LogP contribution in [0.25, 0.3) is 0 Å². The van der Waals surface area contributed by atoms with Crippen LogP contribution in [0, 0.1) is 12.8 Å². The Morgan fingerprint density at radius 3 is 2.50 bits per heavy atom. The summed E-state index contributed by atoms with van der Waals surface area (Å²) in [5.41, 5.74) is 0.0423. The van der Waals surface area contributed by atoms with Gasteiger partial charge in [0.1, 0.15) is 5.76 Å². The van der Waals surface area contributed by atoms with Crippen LogP contribution >= 0.6 is 0 Å². The molecular weight excluding hydrogens is 364 g/mol. The van der Waals surface area contributed by atoms with Crippen LogP contribution in [-0.4, -0.2) is 31.9 Å². The van der Waals surface area contributed by atoms with E-state index < -0.39 is 23.1 Å². The molecule has 0 saturated heterocycles. The lowest BCUT2D eigenvalue weighted by Crippen LogP contribution is -2.14. The number of rotatable bonds is 8. The first kappa shape index (κ1) is 21.3. The number of carbonyl (C=O) groups excluding carboxylic acids is 1. The Labute approximate surface area is 163 Å². The second-order valence-electron chi connectivity index (χ2n) is 6.88. The molecule has 0 bridgehead atoms. The molecule has 28 heavy (non-hydrogen) atoms. The molecule has 0 fully saturated rings. The maximum absolute atomic E-state index is 12.0. The van der Waals surface area contributed by atoms with E-state index in [4.69, 9.17) is 18.6 Å². The standard InChI is InChI=1S/C21H26O7/c1-12(2)11-27-17-7-6-14(9-18(17)25-4)15(10-19(23)26-5)21-20(24)16(22)8-13(3)28-21/h6-9,12,15,24H,10-11H2,1-5H3/t15-/m1/s1. The number of hydrogen-bond acceptors (Lipinski definition) is 7. The summed E-state index contributed by atoms with van der Waals surface area (Å²) in [6.07, 6.45) is -0.119. The monoisotopic (exact) mass is 390 g/mol. The van der Waals surface area contributed by atoms with Gasteiger partial charge in [0.05, 0.1) is 33.2 Å². The summed E-state index contributed by atoms with van der Waals surface area (Å²) in [5.74, 6) is -0.0478. The molecule has 152 valence electrons. The van der Waals surface area contributed by atoms with Crippen LogP contribution < -0.4 is 14.9 Å². The zero-order valence-electron chi connectivity index (χ0n) is 16.8. The lowest BCUT2D eigenvalue weighted by molar-refractivity contribution is -0.140. The van der Waals surface area contributed by atoms with E-state index in [2.05, 4.69) is 0 Å². The third kappa shape index (κ3) is 5.06. The maximum Gasteiger partial charge on any atom is 0.306 e. The summed E-state index contributed by atoms with van der Waals surface area (Å²) in [6.45, 7) is 6.20. The van der Waals surface area contributed by atoms with Crippen LogP contribution in [0.1, 0.15) is 43.3 Å². The van der Waals surface area contributed by atoms with Crippen LogP contribution in [0.4, 0.5) is 0 Å². The highest BCUT2D eigenvalue weighted by Crippen LogP contribution is 2.37. The first-order valence-corrected chi connectivity index (χ1v) is 8.98. The lowest BCUT2D eigenvalue weighted by atomic mass is 9.92. The number of aryl methyl sites for hydroxylation is 1. The van der Waals surface area contributed by atoms with Crippen LogP contribution in [0.5, 0.6) is 17.2 Å². The number of esters is 1. The Balaban J connectivity index is 2.52. The molecule has 7 nitrogen and oxygen atoms in total. The van der Waals surface area contributed by atoms with E-state index in [1.807, 2.05) is 13.8 Å². The van der Waals surface area contributed by atoms with Crippen LogP contribution in [0.15, 0.2) is 33.5 Å². The van der Waals surface area contributed by atoms with Crippen molar-refractivity contribution in [2.45, 2.75) is 33.1 Å². The Hall–Kier alpha value is -2.96. The van der Waals surface area contributed by atoms with E-state index in [1.54, 1.807) is 25.1 Å². The number of hydrogen-bond donors (Lipinski definition) is 1. The normalized spacial score (nSPS) is 11.9. The van der Waals surface area contributed by atoms with Gasteiger partial charge in [-0.2, -0.15) is 0 Å². The van der Waals surface area contributed by atoms with Crippen LogP contribution in [0.3, 0.4) is 0 Å². The molecule has 0 saturated carbocycles. The van der Waals surface area contributed by atoms with E-state index in [0.29, 0.717) is 35.3 Å². The topological polar surface area (TPSA) is 95.2 Å². The van der Waals surface area contributed by atoms with Gasteiger partial charge < -0.3 is 23.7 Å².